The van der Waals surface area contributed by atoms with Crippen molar-refractivity contribution in [1.29, 1.82) is 0 Å². The third-order valence-corrected chi connectivity index (χ3v) is 5.24. The highest BCUT2D eigenvalue weighted by Crippen LogP contribution is 2.60. The van der Waals surface area contributed by atoms with Crippen molar-refractivity contribution in [1.82, 2.24) is 20.8 Å². The monoisotopic (exact) mass is 320 g/mol. The molecule has 0 spiro atoms. The maximum atomic E-state index is 11.4. The van der Waals surface area contributed by atoms with Crippen LogP contribution < -0.4 is 10.6 Å². The number of aliphatic hydroxyl groups is 1. The number of amides is 2. The molecule has 4 N–H and O–H groups in total. The maximum Gasteiger partial charge on any atom is 0.314 e. The quantitative estimate of drug-likeness (QED) is 0.679. The summed E-state index contributed by atoms with van der Waals surface area (Å²) in [5.41, 5.74) is 0.730. The van der Waals surface area contributed by atoms with Gasteiger partial charge in [-0.15, -0.1) is 0 Å². The largest absolute Gasteiger partial charge is 0.385 e. The van der Waals surface area contributed by atoms with E-state index < -0.39 is 5.60 Å². The first-order valence-electron chi connectivity index (χ1n) is 7.35. The van der Waals surface area contributed by atoms with E-state index in [2.05, 4.69) is 20.8 Å². The average molecular weight is 321 g/mol. The van der Waals surface area contributed by atoms with Gasteiger partial charge < -0.3 is 15.7 Å². The fourth-order valence-corrected chi connectivity index (χ4v) is 4.14. The van der Waals surface area contributed by atoms with Crippen LogP contribution in [0.1, 0.15) is 18.4 Å². The smallest absolute Gasteiger partial charge is 0.314 e. The summed E-state index contributed by atoms with van der Waals surface area (Å²) in [5.74, 6) is 0.638. The fraction of sp³-hybridized carbons (Fsp3) is 0.467. The van der Waals surface area contributed by atoms with E-state index in [0.29, 0.717) is 29.7 Å². The molecule has 2 aromatic rings. The van der Waals surface area contributed by atoms with Gasteiger partial charge in [0.15, 0.2) is 0 Å². The van der Waals surface area contributed by atoms with Crippen LogP contribution >= 0.6 is 11.6 Å². The van der Waals surface area contributed by atoms with Crippen LogP contribution in [0.15, 0.2) is 18.3 Å². The third-order valence-electron chi connectivity index (χ3n) is 5.02. The molecule has 4 atom stereocenters. The van der Waals surface area contributed by atoms with Crippen molar-refractivity contribution in [3.05, 3.63) is 28.9 Å². The molecule has 1 aromatic carbocycles. The van der Waals surface area contributed by atoms with Gasteiger partial charge in [-0.05, 0) is 36.8 Å². The molecule has 2 aliphatic rings. The fourth-order valence-electron chi connectivity index (χ4n) is 3.91. The van der Waals surface area contributed by atoms with Crippen LogP contribution in [0.4, 0.5) is 4.79 Å². The van der Waals surface area contributed by atoms with Crippen LogP contribution in [0, 0.1) is 11.8 Å². The van der Waals surface area contributed by atoms with Gasteiger partial charge in [0.2, 0.25) is 0 Å². The molecule has 2 saturated carbocycles. The summed E-state index contributed by atoms with van der Waals surface area (Å²) in [6.45, 7) is 0. The number of hydrogen-bond donors (Lipinski definition) is 4. The van der Waals surface area contributed by atoms with Crippen LogP contribution in [0.3, 0.4) is 0 Å². The minimum Gasteiger partial charge on any atom is -0.385 e. The molecule has 0 radical (unpaired) electrons. The molecule has 0 saturated heterocycles. The molecule has 7 heteroatoms. The summed E-state index contributed by atoms with van der Waals surface area (Å²) in [6, 6.07) is 3.64. The van der Waals surface area contributed by atoms with Gasteiger partial charge in [-0.25, -0.2) is 4.79 Å². The number of aromatic nitrogens is 2. The number of benzene rings is 1. The standard InChI is InChI=1S/C15H17ClN4O2/c1-17-14(21)19-13-9-4-15(22,5-10(9)13)11-3-8(16)2-7-6-18-20-12(7)11/h2-3,6,9-10,13,22H,4-5H2,1H3,(H,18,20)(H2,17,19,21)/t9-,10+,13+,15-. The Morgan fingerprint density at radius 2 is 2.18 bits per heavy atom. The molecule has 1 heterocycles. The summed E-state index contributed by atoms with van der Waals surface area (Å²) >= 11 is 6.17. The number of halogens is 1. The van der Waals surface area contributed by atoms with Gasteiger partial charge in [0, 0.05) is 29.1 Å². The van der Waals surface area contributed by atoms with Gasteiger partial charge >= 0.3 is 6.03 Å². The van der Waals surface area contributed by atoms with Gasteiger partial charge in [-0.2, -0.15) is 5.10 Å². The molecule has 116 valence electrons. The number of fused-ring (bicyclic) bond motifs is 2. The van der Waals surface area contributed by atoms with Gasteiger partial charge in [0.1, 0.15) is 0 Å². The average Bonchev–Trinajstić information content (AvgIpc) is 2.86. The summed E-state index contributed by atoms with van der Waals surface area (Å²) in [6.07, 6.45) is 2.96. The van der Waals surface area contributed by atoms with Gasteiger partial charge in [0.05, 0.1) is 17.3 Å². The van der Waals surface area contributed by atoms with Crippen molar-refractivity contribution in [2.45, 2.75) is 24.5 Å². The number of aromatic amines is 1. The van der Waals surface area contributed by atoms with E-state index in [1.165, 1.54) is 0 Å². The number of carbonyl (C=O) groups excluding carboxylic acids is 1. The Morgan fingerprint density at radius 1 is 1.45 bits per heavy atom. The summed E-state index contributed by atoms with van der Waals surface area (Å²) in [7, 11) is 1.60. The van der Waals surface area contributed by atoms with Crippen LogP contribution in [0.25, 0.3) is 10.9 Å². The molecule has 2 amide bonds. The minimum absolute atomic E-state index is 0.164. The number of hydrogen-bond acceptors (Lipinski definition) is 3. The lowest BCUT2D eigenvalue weighted by Gasteiger charge is -2.27. The zero-order valence-electron chi connectivity index (χ0n) is 12.1. The van der Waals surface area contributed by atoms with E-state index in [-0.39, 0.29) is 12.1 Å². The first-order valence-corrected chi connectivity index (χ1v) is 7.73. The van der Waals surface area contributed by atoms with Crippen LogP contribution in [-0.4, -0.2) is 34.4 Å². The molecular formula is C15H17ClN4O2. The Balaban J connectivity index is 1.60. The summed E-state index contributed by atoms with van der Waals surface area (Å²) < 4.78 is 0. The van der Waals surface area contributed by atoms with Crippen LogP contribution in [-0.2, 0) is 5.60 Å². The zero-order valence-corrected chi connectivity index (χ0v) is 12.8. The lowest BCUT2D eigenvalue weighted by Crippen LogP contribution is -2.38. The Morgan fingerprint density at radius 3 is 2.86 bits per heavy atom. The molecule has 2 aliphatic carbocycles. The number of rotatable bonds is 2. The normalized spacial score (nSPS) is 32.8. The number of nitrogens with one attached hydrogen (secondary N) is 3. The van der Waals surface area contributed by atoms with Gasteiger partial charge in [-0.1, -0.05) is 11.6 Å². The van der Waals surface area contributed by atoms with E-state index in [9.17, 15) is 9.90 Å². The predicted octanol–water partition coefficient (Wildman–Crippen LogP) is 1.74. The molecule has 22 heavy (non-hydrogen) atoms. The number of carbonyl (C=O) groups is 1. The Kier molecular flexibility index (Phi) is 2.90. The van der Waals surface area contributed by atoms with Crippen molar-refractivity contribution < 1.29 is 9.90 Å². The van der Waals surface area contributed by atoms with E-state index in [4.69, 9.17) is 11.6 Å². The highest BCUT2D eigenvalue weighted by atomic mass is 35.5. The Hall–Kier alpha value is -1.79. The lowest BCUT2D eigenvalue weighted by molar-refractivity contribution is 0.0297. The first kappa shape index (κ1) is 13.8. The number of nitrogens with zero attached hydrogens (tertiary/aromatic N) is 1. The van der Waals surface area contributed by atoms with Crippen molar-refractivity contribution in [2.75, 3.05) is 7.05 Å². The van der Waals surface area contributed by atoms with Crippen molar-refractivity contribution in [3.63, 3.8) is 0 Å². The second-order valence-electron chi connectivity index (χ2n) is 6.30. The molecular weight excluding hydrogens is 304 g/mol. The SMILES string of the molecule is CNC(=O)N[C@H]1[C@@H]2C[C@](O)(c3cc(Cl)cc4cn[nH]c34)C[C@@H]21. The van der Waals surface area contributed by atoms with Crippen LogP contribution in [0.2, 0.25) is 5.02 Å². The minimum atomic E-state index is -0.911. The van der Waals surface area contributed by atoms with Crippen LogP contribution in [0.5, 0.6) is 0 Å². The predicted molar refractivity (Wildman–Crippen MR) is 82.6 cm³/mol. The van der Waals surface area contributed by atoms with E-state index >= 15 is 0 Å². The molecule has 6 nitrogen and oxygen atoms in total. The molecule has 0 unspecified atom stereocenters. The topological polar surface area (TPSA) is 90.0 Å². The lowest BCUT2D eigenvalue weighted by atomic mass is 9.87. The van der Waals surface area contributed by atoms with E-state index in [1.54, 1.807) is 13.2 Å². The highest BCUT2D eigenvalue weighted by molar-refractivity contribution is 6.31. The van der Waals surface area contributed by atoms with Crippen molar-refractivity contribution in [2.24, 2.45) is 11.8 Å². The Labute approximate surface area is 132 Å². The third kappa shape index (κ3) is 1.98. The number of H-pyrrole nitrogens is 1. The molecule has 0 aliphatic heterocycles. The molecule has 2 fully saturated rings. The zero-order chi connectivity index (χ0) is 15.5. The van der Waals surface area contributed by atoms with Gasteiger partial charge in [-0.3, -0.25) is 5.10 Å². The second kappa shape index (κ2) is 4.60. The Bertz CT molecular complexity index is 747. The first-order chi connectivity index (χ1) is 10.5. The molecule has 1 aromatic heterocycles. The highest BCUT2D eigenvalue weighted by Gasteiger charge is 2.62. The second-order valence-corrected chi connectivity index (χ2v) is 6.74. The van der Waals surface area contributed by atoms with E-state index in [1.807, 2.05) is 12.1 Å². The summed E-state index contributed by atoms with van der Waals surface area (Å²) in [5, 5.41) is 25.1. The maximum absolute atomic E-state index is 11.4. The van der Waals surface area contributed by atoms with Gasteiger partial charge in [0.25, 0.3) is 0 Å². The van der Waals surface area contributed by atoms with Crippen molar-refractivity contribution in [3.8, 4) is 0 Å². The van der Waals surface area contributed by atoms with Crippen molar-refractivity contribution >= 4 is 28.5 Å². The summed E-state index contributed by atoms with van der Waals surface area (Å²) in [4.78, 5) is 11.4. The molecule has 0 bridgehead atoms. The molecule has 4 rings (SSSR count). The number of urea groups is 1. The van der Waals surface area contributed by atoms with E-state index in [0.717, 1.165) is 16.5 Å².